The molecule has 1 aromatic carbocycles. The molecular formula is C13H16FNO. The van der Waals surface area contributed by atoms with E-state index in [0.717, 1.165) is 24.2 Å². The Morgan fingerprint density at radius 2 is 2.12 bits per heavy atom. The molecule has 0 saturated carbocycles. The maximum absolute atomic E-state index is 12.2. The molecule has 1 heterocycles. The molecule has 2 nitrogen and oxygen atoms in total. The summed E-state index contributed by atoms with van der Waals surface area (Å²) in [7, 11) is 0. The number of halogens is 1. The first-order valence-electron chi connectivity index (χ1n) is 5.76. The zero-order valence-electron chi connectivity index (χ0n) is 9.29. The Hall–Kier alpha value is -1.38. The zero-order valence-corrected chi connectivity index (χ0v) is 9.29. The van der Waals surface area contributed by atoms with Crippen LogP contribution < -0.4 is 4.90 Å². The monoisotopic (exact) mass is 221 g/mol. The van der Waals surface area contributed by atoms with E-state index in [4.69, 9.17) is 0 Å². The van der Waals surface area contributed by atoms with E-state index < -0.39 is 0 Å². The van der Waals surface area contributed by atoms with Gasteiger partial charge in [0, 0.05) is 30.8 Å². The molecule has 1 aromatic rings. The number of hydrogen-bond donors (Lipinski definition) is 0. The second-order valence-corrected chi connectivity index (χ2v) is 4.07. The maximum Gasteiger partial charge on any atom is 0.165 e. The van der Waals surface area contributed by atoms with Gasteiger partial charge >= 0.3 is 0 Å². The number of benzene rings is 1. The average Bonchev–Trinajstić information content (AvgIpc) is 2.47. The molecule has 0 amide bonds. The lowest BCUT2D eigenvalue weighted by Crippen LogP contribution is -2.25. The number of rotatable bonds is 3. The lowest BCUT2D eigenvalue weighted by Gasteiger charge is -2.23. The van der Waals surface area contributed by atoms with E-state index in [1.54, 1.807) is 0 Å². The molecule has 0 atom stereocenters. The Morgan fingerprint density at radius 1 is 1.31 bits per heavy atom. The molecule has 0 aromatic heterocycles. The number of Topliss-reactive ketones (excluding diaryl/α,β-unsaturated/α-hetero) is 1. The van der Waals surface area contributed by atoms with Crippen molar-refractivity contribution in [2.75, 3.05) is 24.7 Å². The van der Waals surface area contributed by atoms with Crippen molar-refractivity contribution in [3.05, 3.63) is 29.8 Å². The van der Waals surface area contributed by atoms with Gasteiger partial charge in [0.2, 0.25) is 0 Å². The number of anilines is 1. The van der Waals surface area contributed by atoms with Gasteiger partial charge in [0.1, 0.15) is 0 Å². The van der Waals surface area contributed by atoms with Crippen LogP contribution in [0.3, 0.4) is 0 Å². The first-order valence-corrected chi connectivity index (χ1v) is 5.76. The number of carbonyl (C=O) groups is 1. The van der Waals surface area contributed by atoms with Crippen LogP contribution in [0.15, 0.2) is 24.3 Å². The molecule has 1 aliphatic heterocycles. The highest BCUT2D eigenvalue weighted by atomic mass is 19.1. The van der Waals surface area contributed by atoms with Crippen molar-refractivity contribution in [3.8, 4) is 0 Å². The van der Waals surface area contributed by atoms with Crippen LogP contribution in [0.2, 0.25) is 0 Å². The van der Waals surface area contributed by atoms with E-state index >= 15 is 0 Å². The molecule has 0 saturated heterocycles. The Labute approximate surface area is 95.1 Å². The van der Waals surface area contributed by atoms with Gasteiger partial charge < -0.3 is 4.90 Å². The predicted molar refractivity (Wildman–Crippen MR) is 62.8 cm³/mol. The first-order chi connectivity index (χ1) is 7.83. The van der Waals surface area contributed by atoms with E-state index in [0.29, 0.717) is 19.4 Å². The van der Waals surface area contributed by atoms with Gasteiger partial charge in [-0.2, -0.15) is 0 Å². The van der Waals surface area contributed by atoms with E-state index in [-0.39, 0.29) is 12.5 Å². The van der Waals surface area contributed by atoms with Crippen LogP contribution in [-0.4, -0.2) is 25.5 Å². The molecule has 2 rings (SSSR count). The minimum absolute atomic E-state index is 0.207. The summed E-state index contributed by atoms with van der Waals surface area (Å²) in [6.45, 7) is 1.25. The van der Waals surface area contributed by atoms with Crippen LogP contribution in [0, 0.1) is 0 Å². The predicted octanol–water partition coefficient (Wildman–Crippen LogP) is 2.83. The van der Waals surface area contributed by atoms with Crippen molar-refractivity contribution in [2.45, 2.75) is 19.3 Å². The normalized spacial score (nSPS) is 15.8. The standard InChI is InChI=1S/C13H16FNO/c14-8-4-10-15-9-3-7-13(16)11-5-1-2-6-12(11)15/h1-2,5-6H,3-4,7-10H2. The SMILES string of the molecule is O=C1CCCN(CCCF)c2ccccc21. The number of carbonyl (C=O) groups excluding carboxylic acids is 1. The van der Waals surface area contributed by atoms with Crippen molar-refractivity contribution >= 4 is 11.5 Å². The average molecular weight is 221 g/mol. The molecule has 0 fully saturated rings. The van der Waals surface area contributed by atoms with Gasteiger partial charge in [-0.1, -0.05) is 12.1 Å². The molecule has 3 heteroatoms. The largest absolute Gasteiger partial charge is 0.371 e. The highest BCUT2D eigenvalue weighted by Crippen LogP contribution is 2.25. The Morgan fingerprint density at radius 3 is 2.94 bits per heavy atom. The number of alkyl halides is 1. The fourth-order valence-corrected chi connectivity index (χ4v) is 2.15. The van der Waals surface area contributed by atoms with Crippen molar-refractivity contribution in [3.63, 3.8) is 0 Å². The third-order valence-electron chi connectivity index (χ3n) is 2.94. The van der Waals surface area contributed by atoms with Crippen LogP contribution in [0.5, 0.6) is 0 Å². The van der Waals surface area contributed by atoms with Crippen molar-refractivity contribution in [1.29, 1.82) is 0 Å². The van der Waals surface area contributed by atoms with Crippen molar-refractivity contribution < 1.29 is 9.18 Å². The summed E-state index contributed by atoms with van der Waals surface area (Å²) >= 11 is 0. The third-order valence-corrected chi connectivity index (χ3v) is 2.94. The smallest absolute Gasteiger partial charge is 0.165 e. The Balaban J connectivity index is 2.27. The van der Waals surface area contributed by atoms with Gasteiger partial charge in [-0.3, -0.25) is 9.18 Å². The van der Waals surface area contributed by atoms with Gasteiger partial charge in [-0.25, -0.2) is 0 Å². The van der Waals surface area contributed by atoms with Crippen molar-refractivity contribution in [2.24, 2.45) is 0 Å². The van der Waals surface area contributed by atoms with Crippen LogP contribution in [0.1, 0.15) is 29.6 Å². The Bertz CT molecular complexity index is 378. The van der Waals surface area contributed by atoms with Gasteiger partial charge in [0.25, 0.3) is 0 Å². The van der Waals surface area contributed by atoms with E-state index in [2.05, 4.69) is 4.90 Å². The highest BCUT2D eigenvalue weighted by Gasteiger charge is 2.19. The summed E-state index contributed by atoms with van der Waals surface area (Å²) < 4.78 is 12.2. The van der Waals surface area contributed by atoms with Crippen LogP contribution >= 0.6 is 0 Å². The Kier molecular flexibility index (Phi) is 3.54. The number of para-hydroxylation sites is 1. The van der Waals surface area contributed by atoms with Gasteiger partial charge in [0.05, 0.1) is 6.67 Å². The number of hydrogen-bond acceptors (Lipinski definition) is 2. The van der Waals surface area contributed by atoms with E-state index in [1.165, 1.54) is 0 Å². The summed E-state index contributed by atoms with van der Waals surface area (Å²) in [5, 5.41) is 0. The topological polar surface area (TPSA) is 20.3 Å². The second kappa shape index (κ2) is 5.10. The fourth-order valence-electron chi connectivity index (χ4n) is 2.15. The molecule has 0 unspecified atom stereocenters. The molecule has 0 bridgehead atoms. The number of ketones is 1. The molecular weight excluding hydrogens is 205 g/mol. The summed E-state index contributed by atoms with van der Waals surface area (Å²) in [4.78, 5) is 13.9. The van der Waals surface area contributed by atoms with Gasteiger partial charge in [0.15, 0.2) is 5.78 Å². The maximum atomic E-state index is 12.2. The van der Waals surface area contributed by atoms with Crippen LogP contribution in [0.25, 0.3) is 0 Å². The molecule has 0 aliphatic carbocycles. The van der Waals surface area contributed by atoms with Gasteiger partial charge in [-0.05, 0) is 25.0 Å². The molecule has 16 heavy (non-hydrogen) atoms. The summed E-state index contributed by atoms with van der Waals surface area (Å²) in [5.41, 5.74) is 1.76. The molecule has 1 aliphatic rings. The molecule has 0 N–H and O–H groups in total. The zero-order chi connectivity index (χ0) is 11.4. The first kappa shape index (κ1) is 11.1. The number of nitrogens with zero attached hydrogens (tertiary/aromatic N) is 1. The molecule has 0 spiro atoms. The second-order valence-electron chi connectivity index (χ2n) is 4.07. The quantitative estimate of drug-likeness (QED) is 0.782. The summed E-state index contributed by atoms with van der Waals surface area (Å²) in [6, 6.07) is 7.64. The van der Waals surface area contributed by atoms with Gasteiger partial charge in [-0.15, -0.1) is 0 Å². The highest BCUT2D eigenvalue weighted by molar-refractivity contribution is 6.01. The minimum atomic E-state index is -0.299. The lowest BCUT2D eigenvalue weighted by atomic mass is 10.1. The summed E-state index contributed by atoms with van der Waals surface area (Å²) in [5.74, 6) is 0.207. The molecule has 0 radical (unpaired) electrons. The fraction of sp³-hybridized carbons (Fsp3) is 0.462. The van der Waals surface area contributed by atoms with Crippen LogP contribution in [0.4, 0.5) is 10.1 Å². The van der Waals surface area contributed by atoms with E-state index in [9.17, 15) is 9.18 Å². The van der Waals surface area contributed by atoms with Crippen molar-refractivity contribution in [1.82, 2.24) is 0 Å². The number of fused-ring (bicyclic) bond motifs is 1. The summed E-state index contributed by atoms with van der Waals surface area (Å²) in [6.07, 6.45) is 1.99. The van der Waals surface area contributed by atoms with Crippen LogP contribution in [-0.2, 0) is 0 Å². The minimum Gasteiger partial charge on any atom is -0.371 e. The van der Waals surface area contributed by atoms with E-state index in [1.807, 2.05) is 24.3 Å². The third kappa shape index (κ3) is 2.23. The lowest BCUT2D eigenvalue weighted by molar-refractivity contribution is 0.0984. The molecule has 86 valence electrons.